The summed E-state index contributed by atoms with van der Waals surface area (Å²) in [5.41, 5.74) is 4.13. The molecule has 4 rings (SSSR count). The lowest BCUT2D eigenvalue weighted by atomic mass is 9.98. The first kappa shape index (κ1) is 23.0. The Morgan fingerprint density at radius 1 is 1.09 bits per heavy atom. The number of carboxylic acid groups (broad SMARTS) is 1. The van der Waals surface area contributed by atoms with Crippen LogP contribution in [0.4, 0.5) is 10.6 Å². The molecule has 0 bridgehead atoms. The minimum Gasteiger partial charge on any atom is -0.481 e. The molecule has 0 saturated heterocycles. The molecule has 34 heavy (non-hydrogen) atoms. The fourth-order valence-electron chi connectivity index (χ4n) is 4.06. The van der Waals surface area contributed by atoms with E-state index in [2.05, 4.69) is 20.3 Å². The lowest BCUT2D eigenvalue weighted by Crippen LogP contribution is -2.37. The Morgan fingerprint density at radius 3 is 2.29 bits per heavy atom. The number of nitrogens with zero attached hydrogens (tertiary/aromatic N) is 3. The smallest absolute Gasteiger partial charge is 0.412 e. The summed E-state index contributed by atoms with van der Waals surface area (Å²) in [5, 5.41) is 18.7. The summed E-state index contributed by atoms with van der Waals surface area (Å²) >= 11 is 0. The van der Waals surface area contributed by atoms with E-state index in [0.717, 1.165) is 22.3 Å². The molecule has 2 aromatic carbocycles. The molecule has 0 radical (unpaired) electrons. The second-order valence-corrected chi connectivity index (χ2v) is 8.00. The van der Waals surface area contributed by atoms with Crippen LogP contribution in [-0.4, -0.2) is 58.0 Å². The highest BCUT2D eigenvalue weighted by Gasteiger charge is 2.30. The maximum Gasteiger partial charge on any atom is 0.412 e. The summed E-state index contributed by atoms with van der Waals surface area (Å²) in [6.07, 6.45) is -0.812. The number of ether oxygens (including phenoxy) is 1. The van der Waals surface area contributed by atoms with Crippen molar-refractivity contribution in [1.29, 1.82) is 0 Å². The highest BCUT2D eigenvalue weighted by Crippen LogP contribution is 2.44. The van der Waals surface area contributed by atoms with Gasteiger partial charge in [-0.05, 0) is 39.5 Å². The number of benzene rings is 2. The summed E-state index contributed by atoms with van der Waals surface area (Å²) in [6, 6.07) is 15.9. The van der Waals surface area contributed by atoms with E-state index in [9.17, 15) is 14.4 Å². The van der Waals surface area contributed by atoms with E-state index in [1.54, 1.807) is 6.92 Å². The molecule has 1 aliphatic carbocycles. The lowest BCUT2D eigenvalue weighted by molar-refractivity contribution is -0.141. The minimum absolute atomic E-state index is 0.0259. The standard InChI is InChI=1S/C24H24N4O6/c1-3-28(12-14(2)23(30)31)22(29)20-21(27-34-26-20)25-24(32)33-13-19-17-10-6-4-8-15(17)16-9-5-7-11-18(16)19/h4-11,14,19H,3,12-13H2,1-2H3,(H,30,31)(H,25,27,32). The zero-order valence-electron chi connectivity index (χ0n) is 18.7. The van der Waals surface area contributed by atoms with Gasteiger partial charge in [-0.3, -0.25) is 14.9 Å². The van der Waals surface area contributed by atoms with Gasteiger partial charge in [-0.25, -0.2) is 9.42 Å². The van der Waals surface area contributed by atoms with Gasteiger partial charge in [0.1, 0.15) is 6.61 Å². The number of amides is 2. The first-order valence-corrected chi connectivity index (χ1v) is 10.9. The predicted molar refractivity (Wildman–Crippen MR) is 121 cm³/mol. The monoisotopic (exact) mass is 464 g/mol. The van der Waals surface area contributed by atoms with Crippen molar-refractivity contribution in [3.8, 4) is 11.1 Å². The number of aromatic nitrogens is 2. The van der Waals surface area contributed by atoms with Gasteiger partial charge in [-0.15, -0.1) is 0 Å². The van der Waals surface area contributed by atoms with Gasteiger partial charge in [-0.2, -0.15) is 0 Å². The molecule has 3 aromatic rings. The first-order chi connectivity index (χ1) is 16.4. The molecule has 10 heteroatoms. The molecule has 1 atom stereocenters. The van der Waals surface area contributed by atoms with Gasteiger partial charge in [0.05, 0.1) is 5.92 Å². The van der Waals surface area contributed by atoms with Crippen molar-refractivity contribution in [3.63, 3.8) is 0 Å². The first-order valence-electron chi connectivity index (χ1n) is 10.9. The second kappa shape index (κ2) is 9.74. The molecule has 2 N–H and O–H groups in total. The average Bonchev–Trinajstić information content (AvgIpc) is 3.43. The maximum absolute atomic E-state index is 12.8. The third-order valence-electron chi connectivity index (χ3n) is 5.84. The van der Waals surface area contributed by atoms with Crippen LogP contribution in [0.5, 0.6) is 0 Å². The molecule has 176 valence electrons. The normalized spacial score (nSPS) is 13.0. The summed E-state index contributed by atoms with van der Waals surface area (Å²) in [7, 11) is 0. The molecular weight excluding hydrogens is 440 g/mol. The van der Waals surface area contributed by atoms with Crippen LogP contribution in [0, 0.1) is 5.92 Å². The maximum atomic E-state index is 12.8. The molecular formula is C24H24N4O6. The van der Waals surface area contributed by atoms with Crippen LogP contribution < -0.4 is 5.32 Å². The van der Waals surface area contributed by atoms with Crippen LogP contribution in [0.3, 0.4) is 0 Å². The average molecular weight is 464 g/mol. The number of fused-ring (bicyclic) bond motifs is 3. The Morgan fingerprint density at radius 2 is 1.71 bits per heavy atom. The summed E-state index contributed by atoms with van der Waals surface area (Å²) in [4.78, 5) is 37.8. The zero-order chi connectivity index (χ0) is 24.2. The molecule has 1 unspecified atom stereocenters. The molecule has 1 heterocycles. The summed E-state index contributed by atoms with van der Waals surface area (Å²) in [6.45, 7) is 3.51. The van der Waals surface area contributed by atoms with Gasteiger partial charge >= 0.3 is 12.1 Å². The SMILES string of the molecule is CCN(CC(C)C(=O)O)C(=O)c1nonc1NC(=O)OCC1c2ccccc2-c2ccccc21. The van der Waals surface area contributed by atoms with Crippen molar-refractivity contribution in [1.82, 2.24) is 15.2 Å². The Hall–Kier alpha value is -4.21. The number of rotatable bonds is 8. The quantitative estimate of drug-likeness (QED) is 0.516. The number of hydrogen-bond acceptors (Lipinski definition) is 7. The van der Waals surface area contributed by atoms with Gasteiger partial charge in [0, 0.05) is 19.0 Å². The topological polar surface area (TPSA) is 135 Å². The van der Waals surface area contributed by atoms with E-state index < -0.39 is 23.9 Å². The van der Waals surface area contributed by atoms with E-state index in [0.29, 0.717) is 0 Å². The van der Waals surface area contributed by atoms with Gasteiger partial charge in [-0.1, -0.05) is 55.5 Å². The van der Waals surface area contributed by atoms with Crippen molar-refractivity contribution in [2.45, 2.75) is 19.8 Å². The highest BCUT2D eigenvalue weighted by atomic mass is 16.6. The van der Waals surface area contributed by atoms with Gasteiger partial charge in [0.15, 0.2) is 0 Å². The van der Waals surface area contributed by atoms with Crippen LogP contribution in [0.1, 0.15) is 41.4 Å². The number of carbonyl (C=O) groups excluding carboxylic acids is 2. The molecule has 0 fully saturated rings. The second-order valence-electron chi connectivity index (χ2n) is 8.00. The molecule has 1 aliphatic rings. The largest absolute Gasteiger partial charge is 0.481 e. The van der Waals surface area contributed by atoms with E-state index in [1.165, 1.54) is 11.8 Å². The van der Waals surface area contributed by atoms with Crippen LogP contribution in [-0.2, 0) is 9.53 Å². The van der Waals surface area contributed by atoms with E-state index >= 15 is 0 Å². The molecule has 0 aliphatic heterocycles. The predicted octanol–water partition coefficient (Wildman–Crippen LogP) is 3.61. The fourth-order valence-corrected chi connectivity index (χ4v) is 4.06. The van der Waals surface area contributed by atoms with Crippen molar-refractivity contribution < 1.29 is 28.9 Å². The van der Waals surface area contributed by atoms with Crippen molar-refractivity contribution in [2.75, 3.05) is 25.0 Å². The van der Waals surface area contributed by atoms with Crippen LogP contribution in [0.15, 0.2) is 53.2 Å². The number of nitrogens with one attached hydrogen (secondary N) is 1. The number of anilines is 1. The minimum atomic E-state index is -1.03. The fraction of sp³-hybridized carbons (Fsp3) is 0.292. The summed E-state index contributed by atoms with van der Waals surface area (Å²) in [5.74, 6) is -2.72. The highest BCUT2D eigenvalue weighted by molar-refractivity contribution is 5.99. The van der Waals surface area contributed by atoms with Crippen molar-refractivity contribution >= 4 is 23.8 Å². The Balaban J connectivity index is 1.43. The van der Waals surface area contributed by atoms with Crippen LogP contribution >= 0.6 is 0 Å². The third kappa shape index (κ3) is 4.47. The zero-order valence-corrected chi connectivity index (χ0v) is 18.7. The van der Waals surface area contributed by atoms with Crippen molar-refractivity contribution in [3.05, 3.63) is 65.4 Å². The number of hydrogen-bond donors (Lipinski definition) is 2. The molecule has 10 nitrogen and oxygen atoms in total. The third-order valence-corrected chi connectivity index (χ3v) is 5.84. The lowest BCUT2D eigenvalue weighted by Gasteiger charge is -2.21. The van der Waals surface area contributed by atoms with Gasteiger partial charge < -0.3 is 14.7 Å². The molecule has 0 saturated carbocycles. The van der Waals surface area contributed by atoms with E-state index in [4.69, 9.17) is 9.84 Å². The van der Waals surface area contributed by atoms with Gasteiger partial charge in [0.2, 0.25) is 11.5 Å². The van der Waals surface area contributed by atoms with Gasteiger partial charge in [0.25, 0.3) is 5.91 Å². The summed E-state index contributed by atoms with van der Waals surface area (Å²) < 4.78 is 10.1. The van der Waals surface area contributed by atoms with E-state index in [-0.39, 0.29) is 37.1 Å². The van der Waals surface area contributed by atoms with E-state index in [1.807, 2.05) is 48.5 Å². The Bertz CT molecular complexity index is 1180. The van der Waals surface area contributed by atoms with Crippen LogP contribution in [0.2, 0.25) is 0 Å². The number of carbonyl (C=O) groups is 3. The molecule has 1 aromatic heterocycles. The Labute approximate surface area is 195 Å². The van der Waals surface area contributed by atoms with Crippen LogP contribution in [0.25, 0.3) is 11.1 Å². The Kier molecular flexibility index (Phi) is 6.58. The molecule has 0 spiro atoms. The van der Waals surface area contributed by atoms with Crippen molar-refractivity contribution in [2.24, 2.45) is 5.92 Å². The molecule has 2 amide bonds. The number of carboxylic acids is 1. The number of aliphatic carboxylic acids is 1.